The van der Waals surface area contributed by atoms with E-state index in [-0.39, 0.29) is 18.4 Å². The van der Waals surface area contributed by atoms with E-state index in [4.69, 9.17) is 0 Å². The Bertz CT molecular complexity index is 604. The van der Waals surface area contributed by atoms with E-state index in [1.54, 1.807) is 22.7 Å². The number of anilines is 1. The van der Waals surface area contributed by atoms with Crippen LogP contribution in [0.4, 0.5) is 5.69 Å². The molecule has 94 valence electrons. The molecule has 0 aliphatic rings. The van der Waals surface area contributed by atoms with Crippen LogP contribution in [-0.4, -0.2) is 33.0 Å². The summed E-state index contributed by atoms with van der Waals surface area (Å²) in [6, 6.07) is 3.49. The van der Waals surface area contributed by atoms with Gasteiger partial charge >= 0.3 is 0 Å². The lowest BCUT2D eigenvalue weighted by atomic mass is 10.4. The summed E-state index contributed by atoms with van der Waals surface area (Å²) >= 11 is 0. The Morgan fingerprint density at radius 1 is 1.33 bits per heavy atom. The third kappa shape index (κ3) is 2.62. The summed E-state index contributed by atoms with van der Waals surface area (Å²) in [6.45, 7) is 3.14. The zero-order chi connectivity index (χ0) is 13.1. The van der Waals surface area contributed by atoms with Crippen LogP contribution in [0.15, 0.2) is 18.3 Å². The number of rotatable bonds is 3. The molecule has 0 atom stereocenters. The monoisotopic (exact) mass is 247 g/mol. The fourth-order valence-corrected chi connectivity index (χ4v) is 1.49. The van der Waals surface area contributed by atoms with Crippen LogP contribution in [-0.2, 0) is 9.59 Å². The first-order valence-electron chi connectivity index (χ1n) is 5.42. The molecule has 0 aromatic carbocycles. The van der Waals surface area contributed by atoms with Crippen LogP contribution >= 0.6 is 0 Å². The predicted octanol–water partition coefficient (Wildman–Crippen LogP) is 0.112. The van der Waals surface area contributed by atoms with E-state index in [1.807, 2.05) is 6.92 Å². The lowest BCUT2D eigenvalue weighted by Gasteiger charge is -2.06. The van der Waals surface area contributed by atoms with Crippen molar-refractivity contribution in [3.8, 4) is 0 Å². The Hall–Kier alpha value is -2.44. The maximum absolute atomic E-state index is 11.5. The lowest BCUT2D eigenvalue weighted by Crippen LogP contribution is -2.31. The van der Waals surface area contributed by atoms with Gasteiger partial charge in [-0.2, -0.15) is 0 Å². The van der Waals surface area contributed by atoms with E-state index in [0.717, 1.165) is 5.82 Å². The van der Waals surface area contributed by atoms with Gasteiger partial charge in [-0.1, -0.05) is 0 Å². The molecule has 2 aromatic rings. The summed E-state index contributed by atoms with van der Waals surface area (Å²) in [4.78, 5) is 22.2. The highest BCUT2D eigenvalue weighted by Crippen LogP contribution is 2.10. The number of nitrogens with zero attached hydrogens (tertiary/aromatic N) is 3. The Morgan fingerprint density at radius 2 is 2.11 bits per heavy atom. The van der Waals surface area contributed by atoms with Crippen molar-refractivity contribution in [1.82, 2.24) is 19.9 Å². The minimum Gasteiger partial charge on any atom is -0.347 e. The molecule has 0 saturated carbocycles. The van der Waals surface area contributed by atoms with Crippen molar-refractivity contribution in [2.24, 2.45) is 0 Å². The number of amides is 2. The van der Waals surface area contributed by atoms with E-state index in [0.29, 0.717) is 11.3 Å². The number of carbonyl (C=O) groups is 2. The molecule has 0 saturated heterocycles. The largest absolute Gasteiger partial charge is 0.347 e. The summed E-state index contributed by atoms with van der Waals surface area (Å²) in [7, 11) is 0. The Balaban J connectivity index is 2.09. The molecule has 0 aliphatic heterocycles. The third-order valence-corrected chi connectivity index (χ3v) is 2.35. The molecule has 2 aromatic heterocycles. The molecule has 7 nitrogen and oxygen atoms in total. The van der Waals surface area contributed by atoms with Crippen molar-refractivity contribution in [2.45, 2.75) is 13.8 Å². The highest BCUT2D eigenvalue weighted by Gasteiger charge is 2.05. The van der Waals surface area contributed by atoms with Crippen molar-refractivity contribution < 1.29 is 9.59 Å². The van der Waals surface area contributed by atoms with Crippen LogP contribution in [0, 0.1) is 6.92 Å². The molecule has 2 N–H and O–H groups in total. The van der Waals surface area contributed by atoms with Crippen molar-refractivity contribution in [3.05, 3.63) is 24.2 Å². The van der Waals surface area contributed by atoms with Crippen LogP contribution < -0.4 is 10.6 Å². The predicted molar refractivity (Wildman–Crippen MR) is 65.0 cm³/mol. The second kappa shape index (κ2) is 4.82. The Kier molecular flexibility index (Phi) is 3.22. The molecule has 0 aliphatic carbocycles. The zero-order valence-corrected chi connectivity index (χ0v) is 10.1. The van der Waals surface area contributed by atoms with Crippen LogP contribution in [0.1, 0.15) is 12.7 Å². The number of carbonyl (C=O) groups excluding carboxylic acids is 2. The highest BCUT2D eigenvalue weighted by molar-refractivity contribution is 5.94. The van der Waals surface area contributed by atoms with Crippen LogP contribution in [0.25, 0.3) is 5.65 Å². The molecular weight excluding hydrogens is 234 g/mol. The lowest BCUT2D eigenvalue weighted by molar-refractivity contribution is -0.122. The summed E-state index contributed by atoms with van der Waals surface area (Å²) in [5, 5.41) is 13.0. The summed E-state index contributed by atoms with van der Waals surface area (Å²) < 4.78 is 1.77. The average molecular weight is 247 g/mol. The standard InChI is InChI=1S/C11H13N5O2/c1-7-14-15-10-4-3-9(6-16(7)10)13-11(18)5-12-8(2)17/h3-4,6H,5H2,1-2H3,(H,12,17)(H,13,18). The van der Waals surface area contributed by atoms with E-state index < -0.39 is 0 Å². The van der Waals surface area contributed by atoms with E-state index in [9.17, 15) is 9.59 Å². The minimum atomic E-state index is -0.282. The number of aryl methyl sites for hydroxylation is 1. The normalized spacial score (nSPS) is 10.3. The summed E-state index contributed by atoms with van der Waals surface area (Å²) in [6.07, 6.45) is 1.73. The van der Waals surface area contributed by atoms with E-state index in [2.05, 4.69) is 20.8 Å². The van der Waals surface area contributed by atoms with Gasteiger partial charge in [0.1, 0.15) is 5.82 Å². The fraction of sp³-hybridized carbons (Fsp3) is 0.273. The quantitative estimate of drug-likeness (QED) is 0.805. The summed E-state index contributed by atoms with van der Waals surface area (Å²) in [5.41, 5.74) is 1.34. The van der Waals surface area contributed by atoms with Gasteiger partial charge in [0.2, 0.25) is 11.8 Å². The van der Waals surface area contributed by atoms with Crippen molar-refractivity contribution in [1.29, 1.82) is 0 Å². The SMILES string of the molecule is CC(=O)NCC(=O)Nc1ccc2nnc(C)n2c1. The molecule has 0 bridgehead atoms. The van der Waals surface area contributed by atoms with Crippen LogP contribution in [0.3, 0.4) is 0 Å². The van der Waals surface area contributed by atoms with Gasteiger partial charge in [-0.25, -0.2) is 0 Å². The van der Waals surface area contributed by atoms with Gasteiger partial charge in [-0.3, -0.25) is 14.0 Å². The number of hydrogen-bond acceptors (Lipinski definition) is 4. The number of pyridine rings is 1. The van der Waals surface area contributed by atoms with Crippen LogP contribution in [0.5, 0.6) is 0 Å². The van der Waals surface area contributed by atoms with Gasteiger partial charge in [0.15, 0.2) is 5.65 Å². The third-order valence-electron chi connectivity index (χ3n) is 2.35. The molecule has 0 spiro atoms. The smallest absolute Gasteiger partial charge is 0.243 e. The molecule has 2 heterocycles. The molecule has 0 fully saturated rings. The van der Waals surface area contributed by atoms with Crippen molar-refractivity contribution in [2.75, 3.05) is 11.9 Å². The Labute approximate surface area is 103 Å². The first-order chi connectivity index (χ1) is 8.56. The summed E-state index contributed by atoms with van der Waals surface area (Å²) in [5.74, 6) is 0.216. The maximum Gasteiger partial charge on any atom is 0.243 e. The average Bonchev–Trinajstić information content (AvgIpc) is 2.69. The Morgan fingerprint density at radius 3 is 2.83 bits per heavy atom. The molecule has 0 radical (unpaired) electrons. The second-order valence-corrected chi connectivity index (χ2v) is 3.85. The van der Waals surface area contributed by atoms with Crippen molar-refractivity contribution >= 4 is 23.1 Å². The van der Waals surface area contributed by atoms with E-state index >= 15 is 0 Å². The molecule has 18 heavy (non-hydrogen) atoms. The maximum atomic E-state index is 11.5. The molecule has 2 amide bonds. The number of fused-ring (bicyclic) bond motifs is 1. The molecular formula is C11H13N5O2. The van der Waals surface area contributed by atoms with Crippen LogP contribution in [0.2, 0.25) is 0 Å². The van der Waals surface area contributed by atoms with Gasteiger partial charge in [0.05, 0.1) is 12.2 Å². The molecule has 2 rings (SSSR count). The zero-order valence-electron chi connectivity index (χ0n) is 10.1. The van der Waals surface area contributed by atoms with E-state index in [1.165, 1.54) is 6.92 Å². The van der Waals surface area contributed by atoms with Gasteiger partial charge < -0.3 is 10.6 Å². The van der Waals surface area contributed by atoms with Gasteiger partial charge in [-0.15, -0.1) is 10.2 Å². The number of aromatic nitrogens is 3. The molecule has 7 heteroatoms. The first kappa shape index (κ1) is 12.0. The number of nitrogens with one attached hydrogen (secondary N) is 2. The molecule has 0 unspecified atom stereocenters. The highest BCUT2D eigenvalue weighted by atomic mass is 16.2. The first-order valence-corrected chi connectivity index (χ1v) is 5.42. The fourth-order valence-electron chi connectivity index (χ4n) is 1.49. The second-order valence-electron chi connectivity index (χ2n) is 3.85. The van der Waals surface area contributed by atoms with Gasteiger partial charge in [0, 0.05) is 13.1 Å². The minimum absolute atomic E-state index is 0.0471. The van der Waals surface area contributed by atoms with Crippen molar-refractivity contribution in [3.63, 3.8) is 0 Å². The number of hydrogen-bond donors (Lipinski definition) is 2. The topological polar surface area (TPSA) is 88.4 Å². The van der Waals surface area contributed by atoms with Gasteiger partial charge in [-0.05, 0) is 19.1 Å². The van der Waals surface area contributed by atoms with Gasteiger partial charge in [0.25, 0.3) is 0 Å².